The number of nitrogens with zero attached hydrogens (tertiary/aromatic N) is 3. The van der Waals surface area contributed by atoms with Crippen LogP contribution in [-0.4, -0.2) is 56.4 Å². The maximum atomic E-state index is 13.3. The van der Waals surface area contributed by atoms with E-state index in [1.54, 1.807) is 13.3 Å². The van der Waals surface area contributed by atoms with Gasteiger partial charge in [0.1, 0.15) is 0 Å². The lowest BCUT2D eigenvalue weighted by Crippen LogP contribution is -2.56. The van der Waals surface area contributed by atoms with Gasteiger partial charge >= 0.3 is 0 Å². The average molecular weight is 398 g/mol. The molecule has 6 nitrogen and oxygen atoms in total. The predicted octanol–water partition coefficient (Wildman–Crippen LogP) is 3.13. The van der Waals surface area contributed by atoms with Crippen LogP contribution in [-0.2, 0) is 16.1 Å². The Morgan fingerprint density at radius 2 is 1.90 bits per heavy atom. The van der Waals surface area contributed by atoms with Crippen molar-refractivity contribution in [1.82, 2.24) is 14.5 Å². The first kappa shape index (κ1) is 19.1. The molecule has 1 N–H and O–H groups in total. The van der Waals surface area contributed by atoms with Gasteiger partial charge in [0, 0.05) is 42.9 Å². The third-order valence-electron chi connectivity index (χ3n) is 7.50. The first-order valence-corrected chi connectivity index (χ1v) is 11.0. The molecule has 3 aliphatic rings. The number of piperidine rings is 1. The summed E-state index contributed by atoms with van der Waals surface area (Å²) in [6.45, 7) is 0.566. The molecule has 2 bridgehead atoms. The highest BCUT2D eigenvalue weighted by Gasteiger charge is 2.50. The average Bonchev–Trinajstić information content (AvgIpc) is 3.26. The summed E-state index contributed by atoms with van der Waals surface area (Å²) in [5, 5.41) is 12.6. The van der Waals surface area contributed by atoms with Gasteiger partial charge in [-0.25, -0.2) is 0 Å². The van der Waals surface area contributed by atoms with Crippen molar-refractivity contribution >= 4 is 16.8 Å². The summed E-state index contributed by atoms with van der Waals surface area (Å²) >= 11 is 0. The van der Waals surface area contributed by atoms with Crippen LogP contribution in [0, 0.1) is 5.92 Å². The predicted molar refractivity (Wildman–Crippen MR) is 110 cm³/mol. The SMILES string of the molecule is COC1CCC(C(=O)N2[C@@H]3CC[C@H]2CC(O)(Cn2ccc4ccncc42)C3)CC1. The van der Waals surface area contributed by atoms with E-state index < -0.39 is 5.60 Å². The fourth-order valence-electron chi connectivity index (χ4n) is 6.05. The second-order valence-electron chi connectivity index (χ2n) is 9.35. The minimum Gasteiger partial charge on any atom is -0.388 e. The van der Waals surface area contributed by atoms with E-state index in [0.29, 0.717) is 31.4 Å². The van der Waals surface area contributed by atoms with Gasteiger partial charge in [0.25, 0.3) is 0 Å². The molecular weight excluding hydrogens is 366 g/mol. The molecule has 0 radical (unpaired) electrons. The Morgan fingerprint density at radius 3 is 2.59 bits per heavy atom. The number of carbonyl (C=O) groups excluding carboxylic acids is 1. The highest BCUT2D eigenvalue weighted by Crippen LogP contribution is 2.43. The molecule has 29 heavy (non-hydrogen) atoms. The van der Waals surface area contributed by atoms with Crippen molar-refractivity contribution in [3.05, 3.63) is 30.7 Å². The molecule has 1 aliphatic carbocycles. The molecule has 2 aliphatic heterocycles. The molecule has 2 aromatic rings. The standard InChI is InChI=1S/C23H31N3O3/c1-29-20-6-2-17(3-7-20)22(27)26-18-4-5-19(26)13-23(28,12-18)15-25-11-9-16-8-10-24-14-21(16)25/h8-11,14,17-20,28H,2-7,12-13,15H2,1H3/t17?,18-,19+,20?,23?. The number of ether oxygens (including phenoxy) is 1. The molecular formula is C23H31N3O3. The Bertz CT molecular complexity index is 872. The van der Waals surface area contributed by atoms with Crippen molar-refractivity contribution in [1.29, 1.82) is 0 Å². The van der Waals surface area contributed by atoms with Crippen LogP contribution in [0.2, 0.25) is 0 Å². The van der Waals surface area contributed by atoms with Crippen LogP contribution in [0.5, 0.6) is 0 Å². The molecule has 5 rings (SSSR count). The Labute approximate surface area is 171 Å². The van der Waals surface area contributed by atoms with E-state index in [9.17, 15) is 9.90 Å². The number of amides is 1. The van der Waals surface area contributed by atoms with Crippen LogP contribution in [0.25, 0.3) is 10.9 Å². The number of carbonyl (C=O) groups is 1. The van der Waals surface area contributed by atoms with E-state index >= 15 is 0 Å². The number of aliphatic hydroxyl groups is 1. The van der Waals surface area contributed by atoms with E-state index in [2.05, 4.69) is 20.5 Å². The molecule has 0 aromatic carbocycles. The topological polar surface area (TPSA) is 67.6 Å². The summed E-state index contributed by atoms with van der Waals surface area (Å²) in [5.74, 6) is 0.458. The highest BCUT2D eigenvalue weighted by atomic mass is 16.5. The van der Waals surface area contributed by atoms with Gasteiger partial charge in [-0.3, -0.25) is 9.78 Å². The zero-order chi connectivity index (χ0) is 20.0. The molecule has 1 amide bonds. The lowest BCUT2D eigenvalue weighted by Gasteiger charge is -2.45. The minimum atomic E-state index is -0.766. The Morgan fingerprint density at radius 1 is 1.17 bits per heavy atom. The molecule has 3 fully saturated rings. The molecule has 156 valence electrons. The number of pyridine rings is 1. The minimum absolute atomic E-state index is 0.134. The van der Waals surface area contributed by atoms with Gasteiger partial charge in [0.2, 0.25) is 5.91 Å². The molecule has 2 aromatic heterocycles. The smallest absolute Gasteiger partial charge is 0.226 e. The van der Waals surface area contributed by atoms with Gasteiger partial charge in [0.05, 0.1) is 30.0 Å². The molecule has 3 atom stereocenters. The second-order valence-corrected chi connectivity index (χ2v) is 9.35. The Balaban J connectivity index is 1.29. The molecule has 4 heterocycles. The van der Waals surface area contributed by atoms with E-state index in [-0.39, 0.29) is 18.0 Å². The lowest BCUT2D eigenvalue weighted by atomic mass is 9.82. The first-order valence-electron chi connectivity index (χ1n) is 11.0. The maximum Gasteiger partial charge on any atom is 0.226 e. The van der Waals surface area contributed by atoms with Gasteiger partial charge in [-0.15, -0.1) is 0 Å². The van der Waals surface area contributed by atoms with Crippen molar-refractivity contribution in [2.45, 2.75) is 81.7 Å². The number of rotatable bonds is 4. The third kappa shape index (κ3) is 3.46. The monoisotopic (exact) mass is 397 g/mol. The van der Waals surface area contributed by atoms with E-state index in [1.165, 1.54) is 0 Å². The van der Waals surface area contributed by atoms with Crippen molar-refractivity contribution in [2.24, 2.45) is 5.92 Å². The van der Waals surface area contributed by atoms with Crippen LogP contribution < -0.4 is 0 Å². The molecule has 6 heteroatoms. The van der Waals surface area contributed by atoms with Crippen LogP contribution in [0.3, 0.4) is 0 Å². The number of aromatic nitrogens is 2. The maximum absolute atomic E-state index is 13.3. The largest absolute Gasteiger partial charge is 0.388 e. The molecule has 0 spiro atoms. The summed E-state index contributed by atoms with van der Waals surface area (Å²) in [4.78, 5) is 19.7. The van der Waals surface area contributed by atoms with Crippen LogP contribution in [0.4, 0.5) is 0 Å². The number of methoxy groups -OCH3 is 1. The summed E-state index contributed by atoms with van der Waals surface area (Å²) < 4.78 is 7.58. The van der Waals surface area contributed by atoms with Gasteiger partial charge in [-0.2, -0.15) is 0 Å². The normalized spacial score (nSPS) is 34.6. The van der Waals surface area contributed by atoms with Gasteiger partial charge in [-0.05, 0) is 63.5 Å². The number of hydrogen-bond donors (Lipinski definition) is 1. The Hall–Kier alpha value is -1.92. The number of hydrogen-bond acceptors (Lipinski definition) is 4. The summed E-state index contributed by atoms with van der Waals surface area (Å²) in [5.41, 5.74) is 0.291. The first-order chi connectivity index (χ1) is 14.1. The third-order valence-corrected chi connectivity index (χ3v) is 7.50. The summed E-state index contributed by atoms with van der Waals surface area (Å²) in [7, 11) is 1.77. The lowest BCUT2D eigenvalue weighted by molar-refractivity contribution is -0.148. The fraction of sp³-hybridized carbons (Fsp3) is 0.652. The van der Waals surface area contributed by atoms with Gasteiger partial charge in [0.15, 0.2) is 0 Å². The zero-order valence-electron chi connectivity index (χ0n) is 17.2. The van der Waals surface area contributed by atoms with Gasteiger partial charge in [-0.1, -0.05) is 0 Å². The number of fused-ring (bicyclic) bond motifs is 3. The molecule has 1 unspecified atom stereocenters. The Kier molecular flexibility index (Phi) is 4.87. The second kappa shape index (κ2) is 7.40. The van der Waals surface area contributed by atoms with Crippen molar-refractivity contribution in [3.63, 3.8) is 0 Å². The van der Waals surface area contributed by atoms with Crippen LogP contribution in [0.1, 0.15) is 51.4 Å². The fourth-order valence-corrected chi connectivity index (χ4v) is 6.05. The quantitative estimate of drug-likeness (QED) is 0.861. The van der Waals surface area contributed by atoms with Crippen LogP contribution >= 0.6 is 0 Å². The van der Waals surface area contributed by atoms with E-state index in [1.807, 2.05) is 18.5 Å². The van der Waals surface area contributed by atoms with E-state index in [0.717, 1.165) is 49.4 Å². The summed E-state index contributed by atoms with van der Waals surface area (Å²) in [6, 6.07) is 4.42. The molecule has 1 saturated carbocycles. The van der Waals surface area contributed by atoms with Crippen LogP contribution in [0.15, 0.2) is 30.7 Å². The van der Waals surface area contributed by atoms with Crippen molar-refractivity contribution in [3.8, 4) is 0 Å². The zero-order valence-corrected chi connectivity index (χ0v) is 17.2. The highest BCUT2D eigenvalue weighted by molar-refractivity contribution is 5.80. The van der Waals surface area contributed by atoms with E-state index in [4.69, 9.17) is 4.74 Å². The van der Waals surface area contributed by atoms with Crippen molar-refractivity contribution < 1.29 is 14.6 Å². The molecule has 2 saturated heterocycles. The van der Waals surface area contributed by atoms with Gasteiger partial charge < -0.3 is 19.3 Å². The summed E-state index contributed by atoms with van der Waals surface area (Å²) in [6.07, 6.45) is 13.2. The van der Waals surface area contributed by atoms with Crippen molar-refractivity contribution in [2.75, 3.05) is 7.11 Å².